The summed E-state index contributed by atoms with van der Waals surface area (Å²) in [4.78, 5) is 16.2. The molecule has 1 aromatic carbocycles. The van der Waals surface area contributed by atoms with E-state index >= 15 is 0 Å². The molecule has 1 aliphatic carbocycles. The summed E-state index contributed by atoms with van der Waals surface area (Å²) in [5.74, 6) is -0.899. The van der Waals surface area contributed by atoms with E-state index in [-0.39, 0.29) is 10.6 Å². The van der Waals surface area contributed by atoms with Gasteiger partial charge < -0.3 is 0 Å². The lowest BCUT2D eigenvalue weighted by Crippen LogP contribution is -2.33. The average molecular weight is 310 g/mol. The van der Waals surface area contributed by atoms with Gasteiger partial charge in [-0.1, -0.05) is 11.6 Å². The second-order valence-electron chi connectivity index (χ2n) is 4.49. The average Bonchev–Trinajstić information content (AvgIpc) is 2.38. The zero-order valence-electron chi connectivity index (χ0n) is 10.9. The minimum absolute atomic E-state index is 0.0237. The molecule has 20 heavy (non-hydrogen) atoms. The Kier molecular flexibility index (Phi) is 4.20. The Morgan fingerprint density at radius 1 is 1.20 bits per heavy atom. The zero-order chi connectivity index (χ0) is 14.9. The molecule has 0 saturated heterocycles. The van der Waals surface area contributed by atoms with E-state index in [0.29, 0.717) is 22.0 Å². The highest BCUT2D eigenvalue weighted by molar-refractivity contribution is 7.75. The maximum Gasteiger partial charge on any atom is 0.220 e. The van der Waals surface area contributed by atoms with Crippen molar-refractivity contribution in [1.29, 1.82) is 0 Å². The number of carbonyl (C=O) groups is 1. The van der Waals surface area contributed by atoms with E-state index in [1.807, 2.05) is 0 Å². The van der Waals surface area contributed by atoms with Crippen LogP contribution >= 0.6 is 11.6 Å². The number of hydrogen-bond donors (Lipinski definition) is 0. The van der Waals surface area contributed by atoms with E-state index in [2.05, 4.69) is 4.99 Å². The molecular formula is C14H12ClNO3S. The number of Topliss-reactive ketones (excluding diaryl/α,β-unsaturated/α-hetero) is 1. The number of aliphatic imine (C=N–C) groups is 1. The molecule has 1 unspecified atom stereocenters. The molecule has 0 saturated carbocycles. The maximum atomic E-state index is 11.8. The van der Waals surface area contributed by atoms with Crippen LogP contribution in [0.1, 0.15) is 13.8 Å². The molecule has 0 fully saturated rings. The topological polar surface area (TPSA) is 63.6 Å². The van der Waals surface area contributed by atoms with Crippen molar-refractivity contribution >= 4 is 43.9 Å². The third-order valence-corrected chi connectivity index (χ3v) is 4.21. The molecule has 0 aromatic heterocycles. The van der Waals surface area contributed by atoms with Crippen molar-refractivity contribution in [3.63, 3.8) is 0 Å². The molecule has 1 atom stereocenters. The van der Waals surface area contributed by atoms with Gasteiger partial charge in [-0.15, -0.1) is 0 Å². The Hall–Kier alpha value is -1.72. The number of halogens is 1. The molecule has 4 nitrogen and oxygen atoms in total. The first-order valence-corrected chi connectivity index (χ1v) is 7.38. The van der Waals surface area contributed by atoms with Gasteiger partial charge in [0.1, 0.15) is 4.86 Å². The normalized spacial score (nSPS) is 21.1. The molecule has 0 spiro atoms. The lowest BCUT2D eigenvalue weighted by atomic mass is 9.88. The summed E-state index contributed by atoms with van der Waals surface area (Å²) in [5, 5.41) is 0.574. The molecule has 0 N–H and O–H groups in total. The predicted molar refractivity (Wildman–Crippen MR) is 80.4 cm³/mol. The van der Waals surface area contributed by atoms with Gasteiger partial charge in [0.05, 0.1) is 17.3 Å². The monoisotopic (exact) mass is 309 g/mol. The van der Waals surface area contributed by atoms with Crippen LogP contribution in [0.15, 0.2) is 40.9 Å². The van der Waals surface area contributed by atoms with Crippen molar-refractivity contribution in [2.24, 2.45) is 10.9 Å². The van der Waals surface area contributed by atoms with E-state index in [9.17, 15) is 13.2 Å². The van der Waals surface area contributed by atoms with Crippen molar-refractivity contribution in [3.8, 4) is 0 Å². The molecule has 2 rings (SSSR count). The SMILES string of the molecule is CC1=CC(=Nc2ccc(Cl)cc2)C(=S(=O)=O)C(C)C1=O. The summed E-state index contributed by atoms with van der Waals surface area (Å²) < 4.78 is 22.7. The smallest absolute Gasteiger partial charge is 0.220 e. The van der Waals surface area contributed by atoms with Crippen LogP contribution in [-0.2, 0) is 15.1 Å². The summed E-state index contributed by atoms with van der Waals surface area (Å²) in [6, 6.07) is 6.71. The van der Waals surface area contributed by atoms with E-state index in [4.69, 9.17) is 11.6 Å². The van der Waals surface area contributed by atoms with Gasteiger partial charge in [0.15, 0.2) is 5.78 Å². The van der Waals surface area contributed by atoms with Crippen LogP contribution in [0.25, 0.3) is 0 Å². The van der Waals surface area contributed by atoms with Crippen LogP contribution in [-0.4, -0.2) is 24.8 Å². The highest BCUT2D eigenvalue weighted by Crippen LogP contribution is 2.21. The highest BCUT2D eigenvalue weighted by Gasteiger charge is 2.30. The number of nitrogens with zero attached hydrogens (tertiary/aromatic N) is 1. The van der Waals surface area contributed by atoms with Crippen LogP contribution in [0, 0.1) is 5.92 Å². The summed E-state index contributed by atoms with van der Waals surface area (Å²) in [6.45, 7) is 3.22. The standard InChI is InChI=1S/C14H12ClNO3S/c1-8-7-12(14(20(18)19)9(2)13(8)17)16-11-5-3-10(15)4-6-11/h3-7,9H,1-2H3. The highest BCUT2D eigenvalue weighted by atomic mass is 35.5. The Morgan fingerprint density at radius 2 is 1.80 bits per heavy atom. The van der Waals surface area contributed by atoms with E-state index in [1.165, 1.54) is 6.08 Å². The van der Waals surface area contributed by atoms with Crippen LogP contribution in [0.3, 0.4) is 0 Å². The van der Waals surface area contributed by atoms with Crippen molar-refractivity contribution < 1.29 is 13.2 Å². The van der Waals surface area contributed by atoms with Gasteiger partial charge in [-0.2, -0.15) is 8.42 Å². The molecule has 0 aliphatic heterocycles. The summed E-state index contributed by atoms with van der Waals surface area (Å²) in [6.07, 6.45) is 1.50. The summed E-state index contributed by atoms with van der Waals surface area (Å²) in [7, 11) is -2.48. The van der Waals surface area contributed by atoms with Crippen LogP contribution in [0.5, 0.6) is 0 Å². The second-order valence-corrected chi connectivity index (χ2v) is 5.83. The number of carbonyl (C=O) groups excluding carboxylic acids is 1. The van der Waals surface area contributed by atoms with Gasteiger partial charge in [-0.05, 0) is 49.8 Å². The first-order valence-electron chi connectivity index (χ1n) is 5.93. The number of hydrogen-bond acceptors (Lipinski definition) is 4. The molecule has 0 radical (unpaired) electrons. The third kappa shape index (κ3) is 2.89. The van der Waals surface area contributed by atoms with Crippen molar-refractivity contribution in [3.05, 3.63) is 40.9 Å². The van der Waals surface area contributed by atoms with Crippen LogP contribution in [0.4, 0.5) is 5.69 Å². The molecule has 1 aliphatic rings. The maximum absolute atomic E-state index is 11.8. The molecule has 0 amide bonds. The van der Waals surface area contributed by atoms with Gasteiger partial charge in [-0.25, -0.2) is 4.99 Å². The van der Waals surface area contributed by atoms with Gasteiger partial charge >= 0.3 is 0 Å². The fourth-order valence-corrected chi connectivity index (χ4v) is 2.80. The van der Waals surface area contributed by atoms with Gasteiger partial charge in [-0.3, -0.25) is 4.79 Å². The molecule has 104 valence electrons. The molecular weight excluding hydrogens is 298 g/mol. The fraction of sp³-hybridized carbons (Fsp3) is 0.214. The third-order valence-electron chi connectivity index (χ3n) is 3.04. The molecule has 0 bridgehead atoms. The fourth-order valence-electron chi connectivity index (χ4n) is 2.00. The second kappa shape index (κ2) is 5.73. The number of benzene rings is 1. The Balaban J connectivity index is 2.61. The van der Waals surface area contributed by atoms with Crippen molar-refractivity contribution in [1.82, 2.24) is 0 Å². The first-order chi connectivity index (χ1) is 9.40. The first kappa shape index (κ1) is 14.7. The summed E-state index contributed by atoms with van der Waals surface area (Å²) >= 11 is 5.79. The Bertz CT molecular complexity index is 750. The summed E-state index contributed by atoms with van der Waals surface area (Å²) in [5.41, 5.74) is 1.38. The number of allylic oxidation sites excluding steroid dienone is 2. The van der Waals surface area contributed by atoms with E-state index < -0.39 is 16.2 Å². The molecule has 1 aromatic rings. The van der Waals surface area contributed by atoms with E-state index in [0.717, 1.165) is 0 Å². The van der Waals surface area contributed by atoms with Crippen molar-refractivity contribution in [2.75, 3.05) is 0 Å². The number of rotatable bonds is 1. The molecule has 0 heterocycles. The van der Waals surface area contributed by atoms with Gasteiger partial charge in [0.25, 0.3) is 0 Å². The quantitative estimate of drug-likeness (QED) is 0.749. The lowest BCUT2D eigenvalue weighted by molar-refractivity contribution is -0.116. The van der Waals surface area contributed by atoms with E-state index in [1.54, 1.807) is 38.1 Å². The molecule has 6 heteroatoms. The number of ketones is 1. The van der Waals surface area contributed by atoms with Crippen LogP contribution < -0.4 is 0 Å². The zero-order valence-corrected chi connectivity index (χ0v) is 12.5. The lowest BCUT2D eigenvalue weighted by Gasteiger charge is -2.17. The van der Waals surface area contributed by atoms with Crippen molar-refractivity contribution in [2.45, 2.75) is 13.8 Å². The minimum Gasteiger partial charge on any atom is -0.294 e. The van der Waals surface area contributed by atoms with Crippen LogP contribution in [0.2, 0.25) is 5.02 Å². The Morgan fingerprint density at radius 3 is 2.35 bits per heavy atom. The Labute approximate surface area is 123 Å². The predicted octanol–water partition coefficient (Wildman–Crippen LogP) is 2.63. The minimum atomic E-state index is -2.48. The van der Waals surface area contributed by atoms with Gasteiger partial charge in [0.2, 0.25) is 10.3 Å². The van der Waals surface area contributed by atoms with Gasteiger partial charge in [0, 0.05) is 5.02 Å². The largest absolute Gasteiger partial charge is 0.294 e.